The van der Waals surface area contributed by atoms with Crippen molar-refractivity contribution < 1.29 is 27.4 Å². The number of fused-ring (bicyclic) bond motifs is 4. The molecule has 1 saturated heterocycles. The van der Waals surface area contributed by atoms with Crippen molar-refractivity contribution in [3.63, 3.8) is 0 Å². The Morgan fingerprint density at radius 3 is 2.49 bits per heavy atom. The summed E-state index contributed by atoms with van der Waals surface area (Å²) in [5, 5.41) is 14.1. The maximum atomic E-state index is 14.2. The molecule has 3 N–H and O–H groups in total. The lowest BCUT2D eigenvalue weighted by molar-refractivity contribution is 0.106. The minimum absolute atomic E-state index is 0.106. The van der Waals surface area contributed by atoms with Crippen molar-refractivity contribution in [1.29, 1.82) is 0 Å². The van der Waals surface area contributed by atoms with Crippen LogP contribution in [-0.4, -0.2) is 67.1 Å². The number of methoxy groups -OCH3 is 1. The van der Waals surface area contributed by atoms with Gasteiger partial charge in [0.25, 0.3) is 0 Å². The minimum Gasteiger partial charge on any atom is -0.497 e. The van der Waals surface area contributed by atoms with Gasteiger partial charge >= 0.3 is 6.03 Å². The quantitative estimate of drug-likeness (QED) is 0.320. The summed E-state index contributed by atoms with van der Waals surface area (Å²) in [4.78, 5) is 18.3. The molecule has 4 aromatic rings. The summed E-state index contributed by atoms with van der Waals surface area (Å²) >= 11 is 0. The zero-order valence-electron chi connectivity index (χ0n) is 22.5. The molecule has 2 aliphatic rings. The second kappa shape index (κ2) is 10.5. The number of nitrogens with zero attached hydrogens (tertiary/aromatic N) is 2. The fourth-order valence-corrected chi connectivity index (χ4v) is 7.94. The molecule has 214 valence electrons. The van der Waals surface area contributed by atoms with Crippen molar-refractivity contribution in [2.75, 3.05) is 38.7 Å². The Balaban J connectivity index is 1.40. The SMILES string of the molecule is COc1ccc2c3c([nH]c2c1)C(CO)N(S(=O)(=O)c1ccccc1)CC31CCN(C(=O)Nc2ccccc2F)CC1. The van der Waals surface area contributed by atoms with E-state index in [0.29, 0.717) is 37.4 Å². The first-order chi connectivity index (χ1) is 19.8. The third-order valence-corrected chi connectivity index (χ3v) is 10.2. The number of carbonyl (C=O) groups excluding carboxylic acids is 1. The Morgan fingerprint density at radius 1 is 1.10 bits per heavy atom. The first-order valence-corrected chi connectivity index (χ1v) is 14.9. The monoisotopic (exact) mass is 578 g/mol. The Labute approximate surface area is 237 Å². The predicted molar refractivity (Wildman–Crippen MR) is 153 cm³/mol. The summed E-state index contributed by atoms with van der Waals surface area (Å²) in [5.74, 6) is 0.136. The average molecular weight is 579 g/mol. The van der Waals surface area contributed by atoms with Crippen LogP contribution in [0.15, 0.2) is 77.7 Å². The highest BCUT2D eigenvalue weighted by Gasteiger charge is 2.51. The van der Waals surface area contributed by atoms with Gasteiger partial charge in [0.1, 0.15) is 11.6 Å². The summed E-state index contributed by atoms with van der Waals surface area (Å²) in [6.45, 7) is 0.414. The summed E-state index contributed by atoms with van der Waals surface area (Å²) < 4.78 is 49.0. The van der Waals surface area contributed by atoms with Crippen LogP contribution < -0.4 is 10.1 Å². The Kier molecular flexibility index (Phi) is 6.96. The number of urea groups is 1. The van der Waals surface area contributed by atoms with Gasteiger partial charge in [-0.1, -0.05) is 30.3 Å². The highest BCUT2D eigenvalue weighted by Crippen LogP contribution is 2.50. The maximum absolute atomic E-state index is 14.2. The van der Waals surface area contributed by atoms with E-state index in [0.717, 1.165) is 16.5 Å². The Morgan fingerprint density at radius 2 is 1.80 bits per heavy atom. The summed E-state index contributed by atoms with van der Waals surface area (Å²) in [5.41, 5.74) is 1.86. The van der Waals surface area contributed by atoms with Crippen LogP contribution in [0.2, 0.25) is 0 Å². The zero-order chi connectivity index (χ0) is 28.8. The topological polar surface area (TPSA) is 115 Å². The van der Waals surface area contributed by atoms with Crippen LogP contribution in [-0.2, 0) is 15.4 Å². The second-order valence-electron chi connectivity index (χ2n) is 10.6. The van der Waals surface area contributed by atoms with E-state index in [1.807, 2.05) is 18.2 Å². The molecule has 0 saturated carbocycles. The predicted octanol–water partition coefficient (Wildman–Crippen LogP) is 4.62. The number of nitrogens with one attached hydrogen (secondary N) is 2. The highest BCUT2D eigenvalue weighted by atomic mass is 32.2. The number of carbonyl (C=O) groups is 1. The van der Waals surface area contributed by atoms with Crippen LogP contribution in [0.3, 0.4) is 0 Å². The number of aliphatic hydroxyl groups excluding tert-OH is 1. The van der Waals surface area contributed by atoms with E-state index in [-0.39, 0.29) is 17.1 Å². The van der Waals surface area contributed by atoms with Gasteiger partial charge < -0.3 is 25.0 Å². The molecule has 41 heavy (non-hydrogen) atoms. The van der Waals surface area contributed by atoms with Gasteiger partial charge in [-0.05, 0) is 54.8 Å². The van der Waals surface area contributed by atoms with E-state index < -0.39 is 39.9 Å². The smallest absolute Gasteiger partial charge is 0.321 e. The number of para-hydroxylation sites is 1. The van der Waals surface area contributed by atoms with E-state index in [2.05, 4.69) is 10.3 Å². The van der Waals surface area contributed by atoms with Crippen LogP contribution in [0.1, 0.15) is 30.1 Å². The molecule has 1 aromatic heterocycles. The molecular formula is C30H31FN4O5S. The number of ether oxygens (including phenoxy) is 1. The van der Waals surface area contributed by atoms with Crippen molar-refractivity contribution in [1.82, 2.24) is 14.2 Å². The summed E-state index contributed by atoms with van der Waals surface area (Å²) in [6.07, 6.45) is 0.950. The number of piperidine rings is 1. The van der Waals surface area contributed by atoms with Gasteiger partial charge in [-0.2, -0.15) is 4.31 Å². The van der Waals surface area contributed by atoms with Crippen LogP contribution in [0.5, 0.6) is 5.75 Å². The van der Waals surface area contributed by atoms with Crippen LogP contribution in [0.4, 0.5) is 14.9 Å². The van der Waals surface area contributed by atoms with Crippen molar-refractivity contribution in [3.05, 3.63) is 89.9 Å². The lowest BCUT2D eigenvalue weighted by Crippen LogP contribution is -2.56. The average Bonchev–Trinajstić information content (AvgIpc) is 3.38. The number of hydrogen-bond donors (Lipinski definition) is 3. The van der Waals surface area contributed by atoms with E-state index in [1.165, 1.54) is 16.4 Å². The van der Waals surface area contributed by atoms with Gasteiger partial charge in [-0.25, -0.2) is 17.6 Å². The number of H-pyrrole nitrogens is 1. The molecule has 2 amide bonds. The van der Waals surface area contributed by atoms with Crippen LogP contribution in [0, 0.1) is 5.82 Å². The Hall–Kier alpha value is -3.93. The number of aromatic amines is 1. The van der Waals surface area contributed by atoms with E-state index >= 15 is 0 Å². The second-order valence-corrected chi connectivity index (χ2v) is 12.5. The van der Waals surface area contributed by atoms with Gasteiger partial charge in [-0.15, -0.1) is 0 Å². The van der Waals surface area contributed by atoms with Crippen molar-refractivity contribution in [3.8, 4) is 5.75 Å². The molecule has 0 radical (unpaired) electrons. The third kappa shape index (κ3) is 4.63. The molecule has 1 fully saturated rings. The molecule has 6 rings (SSSR count). The molecular weight excluding hydrogens is 547 g/mol. The fourth-order valence-electron chi connectivity index (χ4n) is 6.24. The third-order valence-electron chi connectivity index (χ3n) is 8.35. The van der Waals surface area contributed by atoms with E-state index in [1.54, 1.807) is 54.5 Å². The molecule has 0 aliphatic carbocycles. The van der Waals surface area contributed by atoms with Crippen molar-refractivity contribution in [2.45, 2.75) is 29.2 Å². The number of rotatable bonds is 5. The number of sulfonamides is 1. The molecule has 11 heteroatoms. The first kappa shape index (κ1) is 27.3. The number of aromatic nitrogens is 1. The maximum Gasteiger partial charge on any atom is 0.321 e. The molecule has 1 unspecified atom stereocenters. The number of anilines is 1. The van der Waals surface area contributed by atoms with Crippen molar-refractivity contribution >= 4 is 32.6 Å². The molecule has 3 aromatic carbocycles. The lowest BCUT2D eigenvalue weighted by atomic mass is 9.69. The molecule has 1 atom stereocenters. The largest absolute Gasteiger partial charge is 0.497 e. The number of aliphatic hydroxyl groups is 1. The highest BCUT2D eigenvalue weighted by molar-refractivity contribution is 7.89. The normalized spacial score (nSPS) is 18.8. The van der Waals surface area contributed by atoms with Crippen LogP contribution in [0.25, 0.3) is 10.9 Å². The van der Waals surface area contributed by atoms with Gasteiger partial charge in [0.05, 0.1) is 30.3 Å². The number of halogens is 1. The lowest BCUT2D eigenvalue weighted by Gasteiger charge is -2.49. The number of likely N-dealkylation sites (tertiary alicyclic amines) is 1. The van der Waals surface area contributed by atoms with Gasteiger partial charge in [0, 0.05) is 47.7 Å². The molecule has 1 spiro atoms. The van der Waals surface area contributed by atoms with E-state index in [4.69, 9.17) is 4.74 Å². The zero-order valence-corrected chi connectivity index (χ0v) is 23.3. The summed E-state index contributed by atoms with van der Waals surface area (Å²) in [6, 6.07) is 18.7. The van der Waals surface area contributed by atoms with Gasteiger partial charge in [0.15, 0.2) is 0 Å². The van der Waals surface area contributed by atoms with Crippen LogP contribution >= 0.6 is 0 Å². The fraction of sp³-hybridized carbons (Fsp3) is 0.300. The van der Waals surface area contributed by atoms with E-state index in [9.17, 15) is 22.7 Å². The first-order valence-electron chi connectivity index (χ1n) is 13.5. The van der Waals surface area contributed by atoms with Gasteiger partial charge in [-0.3, -0.25) is 0 Å². The summed E-state index contributed by atoms with van der Waals surface area (Å²) in [7, 11) is -2.39. The van der Waals surface area contributed by atoms with Crippen molar-refractivity contribution in [2.24, 2.45) is 0 Å². The molecule has 3 heterocycles. The number of hydrogen-bond acceptors (Lipinski definition) is 5. The molecule has 9 nitrogen and oxygen atoms in total. The Bertz CT molecular complexity index is 1700. The van der Waals surface area contributed by atoms with Gasteiger partial charge in [0.2, 0.25) is 10.0 Å². The number of benzene rings is 3. The molecule has 2 aliphatic heterocycles. The standard InChI is InChI=1S/C30H31FN4O5S/c1-40-20-11-12-22-25(17-20)32-28-26(18-36)35(41(38,39)21-7-3-2-4-8-21)19-30(27(22)28)13-15-34(16-14-30)29(37)33-24-10-6-5-9-23(24)31/h2-12,17,26,32,36H,13-16,18-19H2,1H3,(H,33,37). The minimum atomic E-state index is -3.97. The molecule has 0 bridgehead atoms. The number of amides is 2.